The fourth-order valence-electron chi connectivity index (χ4n) is 2.36. The van der Waals surface area contributed by atoms with Crippen molar-refractivity contribution in [3.8, 4) is 0 Å². The summed E-state index contributed by atoms with van der Waals surface area (Å²) in [7, 11) is 3.45. The normalized spacial score (nSPS) is 20.7. The van der Waals surface area contributed by atoms with Gasteiger partial charge >= 0.3 is 0 Å². The first kappa shape index (κ1) is 20.0. The SMILES string of the molecule is CCC(=O)N1CCC(NC(=NCC(=O)N(C)C)NC2CC2)C1.I. The van der Waals surface area contributed by atoms with Crippen molar-refractivity contribution in [1.82, 2.24) is 20.4 Å². The Kier molecular flexibility index (Phi) is 8.07. The third kappa shape index (κ3) is 6.52. The third-order valence-corrected chi connectivity index (χ3v) is 3.97. The monoisotopic (exact) mass is 437 g/mol. The van der Waals surface area contributed by atoms with Crippen LogP contribution >= 0.6 is 24.0 Å². The number of likely N-dealkylation sites (N-methyl/N-ethyl adjacent to an activating group) is 1. The number of likely N-dealkylation sites (tertiary alicyclic amines) is 1. The molecule has 2 fully saturated rings. The average Bonchev–Trinajstić information content (AvgIpc) is 3.19. The van der Waals surface area contributed by atoms with Gasteiger partial charge in [0.25, 0.3) is 0 Å². The van der Waals surface area contributed by atoms with E-state index in [0.717, 1.165) is 25.8 Å². The summed E-state index contributed by atoms with van der Waals surface area (Å²) in [6.45, 7) is 3.52. The molecule has 1 unspecified atom stereocenters. The Morgan fingerprint density at radius 3 is 2.39 bits per heavy atom. The molecule has 0 spiro atoms. The van der Waals surface area contributed by atoms with Gasteiger partial charge in [-0.15, -0.1) is 24.0 Å². The lowest BCUT2D eigenvalue weighted by Crippen LogP contribution is -2.46. The van der Waals surface area contributed by atoms with Gasteiger partial charge in [0.05, 0.1) is 0 Å². The van der Waals surface area contributed by atoms with Crippen molar-refractivity contribution in [1.29, 1.82) is 0 Å². The van der Waals surface area contributed by atoms with Crippen molar-refractivity contribution in [3.63, 3.8) is 0 Å². The van der Waals surface area contributed by atoms with E-state index >= 15 is 0 Å². The van der Waals surface area contributed by atoms with Gasteiger partial charge in [-0.25, -0.2) is 4.99 Å². The van der Waals surface area contributed by atoms with Crippen LogP contribution in [0.2, 0.25) is 0 Å². The minimum absolute atomic E-state index is 0. The number of nitrogens with one attached hydrogen (secondary N) is 2. The van der Waals surface area contributed by atoms with Crippen LogP contribution in [-0.2, 0) is 9.59 Å². The van der Waals surface area contributed by atoms with E-state index < -0.39 is 0 Å². The fourth-order valence-corrected chi connectivity index (χ4v) is 2.36. The molecule has 2 N–H and O–H groups in total. The molecule has 23 heavy (non-hydrogen) atoms. The molecule has 8 heteroatoms. The van der Waals surface area contributed by atoms with E-state index in [0.29, 0.717) is 25.0 Å². The van der Waals surface area contributed by atoms with Crippen LogP contribution in [0.15, 0.2) is 4.99 Å². The molecular weight excluding hydrogens is 409 g/mol. The molecule has 0 aromatic heterocycles. The molecule has 0 aromatic carbocycles. The molecule has 1 aliphatic heterocycles. The highest BCUT2D eigenvalue weighted by atomic mass is 127. The smallest absolute Gasteiger partial charge is 0.243 e. The van der Waals surface area contributed by atoms with Crippen LogP contribution < -0.4 is 10.6 Å². The lowest BCUT2D eigenvalue weighted by molar-refractivity contribution is -0.130. The van der Waals surface area contributed by atoms with Gasteiger partial charge in [-0.05, 0) is 19.3 Å². The predicted octanol–water partition coefficient (Wildman–Crippen LogP) is 0.401. The Hall–Kier alpha value is -1.06. The molecule has 1 atom stereocenters. The standard InChI is InChI=1S/C15H27N5O2.HI/c1-4-13(21)20-8-7-12(10-20)18-15(17-11-5-6-11)16-9-14(22)19(2)3;/h11-12H,4-10H2,1-3H3,(H2,16,17,18);1H. The zero-order valence-electron chi connectivity index (χ0n) is 14.2. The molecule has 1 heterocycles. The van der Waals surface area contributed by atoms with Crippen molar-refractivity contribution in [2.45, 2.75) is 44.7 Å². The van der Waals surface area contributed by atoms with E-state index in [1.165, 1.54) is 4.90 Å². The number of amides is 2. The van der Waals surface area contributed by atoms with Crippen LogP contribution in [0.25, 0.3) is 0 Å². The predicted molar refractivity (Wildman–Crippen MR) is 101 cm³/mol. The van der Waals surface area contributed by atoms with Crippen molar-refractivity contribution in [3.05, 3.63) is 0 Å². The van der Waals surface area contributed by atoms with Gasteiger partial charge in [0, 0.05) is 45.7 Å². The highest BCUT2D eigenvalue weighted by Gasteiger charge is 2.28. The second-order valence-corrected chi connectivity index (χ2v) is 6.19. The highest BCUT2D eigenvalue weighted by Crippen LogP contribution is 2.18. The van der Waals surface area contributed by atoms with Crippen LogP contribution in [0.3, 0.4) is 0 Å². The number of halogens is 1. The first-order valence-corrected chi connectivity index (χ1v) is 8.05. The number of aliphatic imine (C=N–C) groups is 1. The van der Waals surface area contributed by atoms with E-state index in [1.807, 2.05) is 11.8 Å². The molecule has 1 saturated carbocycles. The molecule has 132 valence electrons. The van der Waals surface area contributed by atoms with E-state index in [-0.39, 0.29) is 48.4 Å². The van der Waals surface area contributed by atoms with Gasteiger partial charge in [0.15, 0.2) is 5.96 Å². The summed E-state index contributed by atoms with van der Waals surface area (Å²) in [6.07, 6.45) is 3.75. The Morgan fingerprint density at radius 2 is 1.83 bits per heavy atom. The zero-order chi connectivity index (χ0) is 16.1. The molecule has 2 aliphatic rings. The molecule has 0 radical (unpaired) electrons. The lowest BCUT2D eigenvalue weighted by atomic mass is 10.3. The van der Waals surface area contributed by atoms with Crippen LogP contribution in [-0.4, -0.2) is 73.4 Å². The Labute approximate surface area is 155 Å². The molecule has 7 nitrogen and oxygen atoms in total. The summed E-state index contributed by atoms with van der Waals surface area (Å²) in [4.78, 5) is 31.2. The van der Waals surface area contributed by atoms with Crippen molar-refractivity contribution in [2.75, 3.05) is 33.7 Å². The van der Waals surface area contributed by atoms with Gasteiger partial charge < -0.3 is 20.4 Å². The van der Waals surface area contributed by atoms with Crippen LogP contribution in [0, 0.1) is 0 Å². The largest absolute Gasteiger partial charge is 0.354 e. The topological polar surface area (TPSA) is 77.0 Å². The van der Waals surface area contributed by atoms with Crippen molar-refractivity contribution in [2.24, 2.45) is 4.99 Å². The second-order valence-electron chi connectivity index (χ2n) is 6.19. The summed E-state index contributed by atoms with van der Waals surface area (Å²) in [5.74, 6) is 0.861. The Morgan fingerprint density at radius 1 is 1.17 bits per heavy atom. The minimum atomic E-state index is -0.0221. The van der Waals surface area contributed by atoms with Crippen molar-refractivity contribution < 1.29 is 9.59 Å². The average molecular weight is 437 g/mol. The number of hydrogen-bond donors (Lipinski definition) is 2. The molecule has 0 bridgehead atoms. The van der Waals surface area contributed by atoms with E-state index in [9.17, 15) is 9.59 Å². The van der Waals surface area contributed by atoms with E-state index in [1.54, 1.807) is 14.1 Å². The van der Waals surface area contributed by atoms with Crippen LogP contribution in [0.5, 0.6) is 0 Å². The maximum Gasteiger partial charge on any atom is 0.243 e. The third-order valence-electron chi connectivity index (χ3n) is 3.97. The Balaban J connectivity index is 0.00000264. The molecule has 1 aliphatic carbocycles. The number of nitrogens with zero attached hydrogens (tertiary/aromatic N) is 3. The highest BCUT2D eigenvalue weighted by molar-refractivity contribution is 14.0. The van der Waals surface area contributed by atoms with Gasteiger partial charge in [0.1, 0.15) is 6.54 Å². The van der Waals surface area contributed by atoms with E-state index in [4.69, 9.17) is 0 Å². The molecule has 0 aromatic rings. The first-order chi connectivity index (χ1) is 10.5. The number of rotatable bonds is 5. The number of guanidine groups is 1. The van der Waals surface area contributed by atoms with Gasteiger partial charge in [-0.1, -0.05) is 6.92 Å². The van der Waals surface area contributed by atoms with Crippen LogP contribution in [0.1, 0.15) is 32.6 Å². The zero-order valence-corrected chi connectivity index (χ0v) is 16.5. The summed E-state index contributed by atoms with van der Waals surface area (Å²) in [5, 5.41) is 6.70. The van der Waals surface area contributed by atoms with Crippen molar-refractivity contribution >= 4 is 41.8 Å². The van der Waals surface area contributed by atoms with E-state index in [2.05, 4.69) is 15.6 Å². The second kappa shape index (κ2) is 9.29. The molecular formula is C15H28IN5O2. The Bertz CT molecular complexity index is 451. The fraction of sp³-hybridized carbons (Fsp3) is 0.800. The lowest BCUT2D eigenvalue weighted by Gasteiger charge is -2.19. The number of carbonyl (C=O) groups is 2. The summed E-state index contributed by atoms with van der Waals surface area (Å²) < 4.78 is 0. The van der Waals surface area contributed by atoms with Gasteiger partial charge in [-0.3, -0.25) is 9.59 Å². The quantitative estimate of drug-likeness (QED) is 0.371. The van der Waals surface area contributed by atoms with Gasteiger partial charge in [-0.2, -0.15) is 0 Å². The first-order valence-electron chi connectivity index (χ1n) is 8.05. The molecule has 2 rings (SSSR count). The minimum Gasteiger partial charge on any atom is -0.354 e. The maximum atomic E-state index is 11.7. The van der Waals surface area contributed by atoms with Crippen LogP contribution in [0.4, 0.5) is 0 Å². The summed E-state index contributed by atoms with van der Waals surface area (Å²) in [6, 6.07) is 0.672. The summed E-state index contributed by atoms with van der Waals surface area (Å²) in [5.41, 5.74) is 0. The van der Waals surface area contributed by atoms with Gasteiger partial charge in [0.2, 0.25) is 11.8 Å². The number of hydrogen-bond acceptors (Lipinski definition) is 3. The maximum absolute atomic E-state index is 11.7. The number of carbonyl (C=O) groups excluding carboxylic acids is 2. The molecule has 2 amide bonds. The summed E-state index contributed by atoms with van der Waals surface area (Å²) >= 11 is 0. The molecule has 1 saturated heterocycles.